The molecule has 1 fully saturated rings. The summed E-state index contributed by atoms with van der Waals surface area (Å²) in [6, 6.07) is 2.40. The summed E-state index contributed by atoms with van der Waals surface area (Å²) >= 11 is 0. The first-order valence-corrected chi connectivity index (χ1v) is 7.82. The van der Waals surface area contributed by atoms with Gasteiger partial charge < -0.3 is 5.73 Å². The molecule has 0 aliphatic carbocycles. The standard InChI is InChI=1S/C13H19FN2O2S/c1-9-4-3-5-16(8-9)19(17,18)11-6-12(14)10(2)13(15)7-11/h6-7,9H,3-5,8,15H2,1-2H3. The Labute approximate surface area is 113 Å². The molecule has 0 bridgehead atoms. The maximum atomic E-state index is 13.7. The average molecular weight is 286 g/mol. The first kappa shape index (κ1) is 14.3. The van der Waals surface area contributed by atoms with Crippen molar-refractivity contribution in [2.24, 2.45) is 5.92 Å². The van der Waals surface area contributed by atoms with Gasteiger partial charge in [0.05, 0.1) is 4.90 Å². The van der Waals surface area contributed by atoms with Crippen LogP contribution >= 0.6 is 0 Å². The second-order valence-corrected chi connectivity index (χ2v) is 7.17. The first-order valence-electron chi connectivity index (χ1n) is 6.38. The Morgan fingerprint density at radius 3 is 2.68 bits per heavy atom. The molecule has 1 heterocycles. The molecule has 1 aromatic rings. The molecule has 1 atom stereocenters. The highest BCUT2D eigenvalue weighted by atomic mass is 32.2. The zero-order valence-electron chi connectivity index (χ0n) is 11.2. The second-order valence-electron chi connectivity index (χ2n) is 5.23. The number of nitrogens with two attached hydrogens (primary N) is 1. The molecule has 106 valence electrons. The summed E-state index contributed by atoms with van der Waals surface area (Å²) in [5, 5.41) is 0. The maximum Gasteiger partial charge on any atom is 0.243 e. The summed E-state index contributed by atoms with van der Waals surface area (Å²) in [6.45, 7) is 4.52. The van der Waals surface area contributed by atoms with Crippen LogP contribution in [0.1, 0.15) is 25.3 Å². The summed E-state index contributed by atoms with van der Waals surface area (Å²) in [5.74, 6) is -0.250. The summed E-state index contributed by atoms with van der Waals surface area (Å²) in [6.07, 6.45) is 1.86. The summed E-state index contributed by atoms with van der Waals surface area (Å²) in [4.78, 5) is -0.0535. The number of rotatable bonds is 2. The Kier molecular flexibility index (Phi) is 3.82. The zero-order valence-corrected chi connectivity index (χ0v) is 12.0. The molecule has 2 N–H and O–H groups in total. The van der Waals surface area contributed by atoms with E-state index in [4.69, 9.17) is 5.73 Å². The third kappa shape index (κ3) is 2.74. The molecule has 6 heteroatoms. The number of sulfonamides is 1. The molecule has 1 saturated heterocycles. The van der Waals surface area contributed by atoms with Crippen molar-refractivity contribution in [2.75, 3.05) is 18.8 Å². The molecule has 4 nitrogen and oxygen atoms in total. The molecule has 1 aliphatic rings. The largest absolute Gasteiger partial charge is 0.398 e. The van der Waals surface area contributed by atoms with Crippen molar-refractivity contribution in [3.8, 4) is 0 Å². The van der Waals surface area contributed by atoms with E-state index in [9.17, 15) is 12.8 Å². The highest BCUT2D eigenvalue weighted by Gasteiger charge is 2.29. The van der Waals surface area contributed by atoms with E-state index in [-0.39, 0.29) is 16.1 Å². The minimum atomic E-state index is -3.64. The molecule has 0 saturated carbocycles. The lowest BCUT2D eigenvalue weighted by Crippen LogP contribution is -2.39. The van der Waals surface area contributed by atoms with Crippen molar-refractivity contribution in [1.82, 2.24) is 4.31 Å². The molecule has 0 aromatic heterocycles. The molecule has 1 aliphatic heterocycles. The van der Waals surface area contributed by atoms with E-state index in [1.54, 1.807) is 0 Å². The van der Waals surface area contributed by atoms with Crippen LogP contribution < -0.4 is 5.73 Å². The van der Waals surface area contributed by atoms with Crippen LogP contribution in [-0.2, 0) is 10.0 Å². The van der Waals surface area contributed by atoms with Crippen LogP contribution in [0.25, 0.3) is 0 Å². The fourth-order valence-electron chi connectivity index (χ4n) is 2.34. The van der Waals surface area contributed by atoms with Crippen LogP contribution in [0, 0.1) is 18.7 Å². The lowest BCUT2D eigenvalue weighted by molar-refractivity contribution is 0.281. The highest BCUT2D eigenvalue weighted by molar-refractivity contribution is 7.89. The van der Waals surface area contributed by atoms with E-state index in [0.717, 1.165) is 18.9 Å². The number of nitrogens with zero attached hydrogens (tertiary/aromatic N) is 1. The Bertz CT molecular complexity index is 563. The van der Waals surface area contributed by atoms with E-state index < -0.39 is 15.8 Å². The van der Waals surface area contributed by atoms with Crippen LogP contribution in [0.15, 0.2) is 17.0 Å². The number of nitrogen functional groups attached to an aromatic ring is 1. The van der Waals surface area contributed by atoms with E-state index in [0.29, 0.717) is 19.0 Å². The number of benzene rings is 1. The predicted octanol–water partition coefficient (Wildman–Crippen LogP) is 2.14. The Balaban J connectivity index is 2.39. The molecule has 0 spiro atoms. The van der Waals surface area contributed by atoms with Crippen LogP contribution in [0.4, 0.5) is 10.1 Å². The number of anilines is 1. The van der Waals surface area contributed by atoms with E-state index >= 15 is 0 Å². The normalized spacial score (nSPS) is 21.5. The number of piperidine rings is 1. The zero-order chi connectivity index (χ0) is 14.2. The van der Waals surface area contributed by atoms with Crippen LogP contribution in [0.2, 0.25) is 0 Å². The molecule has 19 heavy (non-hydrogen) atoms. The van der Waals surface area contributed by atoms with Gasteiger partial charge in [0.15, 0.2) is 0 Å². The van der Waals surface area contributed by atoms with Crippen LogP contribution in [-0.4, -0.2) is 25.8 Å². The third-order valence-electron chi connectivity index (χ3n) is 3.62. The number of hydrogen-bond donors (Lipinski definition) is 1. The molecule has 0 amide bonds. The van der Waals surface area contributed by atoms with Crippen molar-refractivity contribution >= 4 is 15.7 Å². The van der Waals surface area contributed by atoms with Gasteiger partial charge in [0.25, 0.3) is 0 Å². The van der Waals surface area contributed by atoms with Gasteiger partial charge in [0, 0.05) is 24.3 Å². The topological polar surface area (TPSA) is 63.4 Å². The summed E-state index contributed by atoms with van der Waals surface area (Å²) in [7, 11) is -3.64. The average Bonchev–Trinajstić information content (AvgIpc) is 2.35. The van der Waals surface area contributed by atoms with Gasteiger partial charge in [-0.1, -0.05) is 6.92 Å². The minimum absolute atomic E-state index is 0.0535. The Hall–Kier alpha value is -1.14. The van der Waals surface area contributed by atoms with Crippen molar-refractivity contribution in [1.29, 1.82) is 0 Å². The first-order chi connectivity index (χ1) is 8.82. The van der Waals surface area contributed by atoms with Crippen molar-refractivity contribution in [3.63, 3.8) is 0 Å². The lowest BCUT2D eigenvalue weighted by atomic mass is 10.0. The van der Waals surface area contributed by atoms with Gasteiger partial charge in [-0.2, -0.15) is 4.31 Å². The van der Waals surface area contributed by atoms with Crippen LogP contribution in [0.3, 0.4) is 0 Å². The van der Waals surface area contributed by atoms with E-state index in [1.165, 1.54) is 17.3 Å². The van der Waals surface area contributed by atoms with Gasteiger partial charge in [-0.15, -0.1) is 0 Å². The fourth-order valence-corrected chi connectivity index (χ4v) is 3.98. The maximum absolute atomic E-state index is 13.7. The second kappa shape index (κ2) is 5.09. The van der Waals surface area contributed by atoms with E-state index in [1.807, 2.05) is 6.92 Å². The molecular formula is C13H19FN2O2S. The predicted molar refractivity (Wildman–Crippen MR) is 72.7 cm³/mol. The number of hydrogen-bond acceptors (Lipinski definition) is 3. The molecule has 1 aromatic carbocycles. The minimum Gasteiger partial charge on any atom is -0.398 e. The highest BCUT2D eigenvalue weighted by Crippen LogP contribution is 2.26. The van der Waals surface area contributed by atoms with Crippen LogP contribution in [0.5, 0.6) is 0 Å². The Morgan fingerprint density at radius 2 is 2.11 bits per heavy atom. The van der Waals surface area contributed by atoms with Gasteiger partial charge in [-0.25, -0.2) is 12.8 Å². The molecular weight excluding hydrogens is 267 g/mol. The molecule has 1 unspecified atom stereocenters. The molecule has 0 radical (unpaired) electrons. The van der Waals surface area contributed by atoms with Gasteiger partial charge in [0.2, 0.25) is 10.0 Å². The quantitative estimate of drug-likeness (QED) is 0.847. The van der Waals surface area contributed by atoms with E-state index in [2.05, 4.69) is 0 Å². The smallest absolute Gasteiger partial charge is 0.243 e. The van der Waals surface area contributed by atoms with Crippen molar-refractivity contribution < 1.29 is 12.8 Å². The lowest BCUT2D eigenvalue weighted by Gasteiger charge is -2.30. The SMILES string of the molecule is Cc1c(N)cc(S(=O)(=O)N2CCCC(C)C2)cc1F. The monoisotopic (exact) mass is 286 g/mol. The fraction of sp³-hybridized carbons (Fsp3) is 0.538. The third-order valence-corrected chi connectivity index (χ3v) is 5.46. The summed E-state index contributed by atoms with van der Waals surface area (Å²) < 4.78 is 40.0. The molecule has 2 rings (SSSR count). The van der Waals surface area contributed by atoms with Crippen molar-refractivity contribution in [3.05, 3.63) is 23.5 Å². The van der Waals surface area contributed by atoms with Gasteiger partial charge in [-0.3, -0.25) is 0 Å². The Morgan fingerprint density at radius 1 is 1.42 bits per heavy atom. The number of halogens is 1. The van der Waals surface area contributed by atoms with Gasteiger partial charge >= 0.3 is 0 Å². The van der Waals surface area contributed by atoms with Gasteiger partial charge in [-0.05, 0) is 37.8 Å². The van der Waals surface area contributed by atoms with Gasteiger partial charge in [0.1, 0.15) is 5.82 Å². The van der Waals surface area contributed by atoms with Crippen molar-refractivity contribution in [2.45, 2.75) is 31.6 Å². The summed E-state index contributed by atoms with van der Waals surface area (Å²) in [5.41, 5.74) is 6.11.